The molecule has 1 heterocycles. The first kappa shape index (κ1) is 13.8. The quantitative estimate of drug-likeness (QED) is 0.806. The highest BCUT2D eigenvalue weighted by atomic mass is 16.4. The number of aliphatic hydroxyl groups is 1. The smallest absolute Gasteiger partial charge is 0.324 e. The van der Waals surface area contributed by atoms with E-state index < -0.39 is 11.5 Å². The van der Waals surface area contributed by atoms with Crippen molar-refractivity contribution in [2.24, 2.45) is 0 Å². The second-order valence-electron chi connectivity index (χ2n) is 5.80. The Morgan fingerprint density at radius 2 is 2.06 bits per heavy atom. The molecule has 1 aliphatic carbocycles. The summed E-state index contributed by atoms with van der Waals surface area (Å²) < 4.78 is 0. The highest BCUT2D eigenvalue weighted by molar-refractivity contribution is 5.79. The summed E-state index contributed by atoms with van der Waals surface area (Å²) in [5.74, 6) is -0.695. The predicted molar refractivity (Wildman–Crippen MR) is 69.5 cm³/mol. The van der Waals surface area contributed by atoms with Crippen LogP contribution in [0, 0.1) is 0 Å². The number of nitrogens with zero attached hydrogens (tertiary/aromatic N) is 1. The van der Waals surface area contributed by atoms with Crippen LogP contribution in [0.1, 0.15) is 58.3 Å². The SMILES string of the molecule is CCCC1(C(=O)O)CCCN1C1CCCCC1O. The number of carbonyl (C=O) groups is 1. The molecule has 2 fully saturated rings. The Morgan fingerprint density at radius 1 is 1.33 bits per heavy atom. The van der Waals surface area contributed by atoms with Crippen molar-refractivity contribution in [1.82, 2.24) is 4.90 Å². The van der Waals surface area contributed by atoms with Crippen molar-refractivity contribution < 1.29 is 15.0 Å². The minimum atomic E-state index is -0.711. The van der Waals surface area contributed by atoms with Gasteiger partial charge in [-0.2, -0.15) is 0 Å². The van der Waals surface area contributed by atoms with E-state index in [4.69, 9.17) is 0 Å². The molecule has 18 heavy (non-hydrogen) atoms. The summed E-state index contributed by atoms with van der Waals surface area (Å²) in [5, 5.41) is 19.8. The summed E-state index contributed by atoms with van der Waals surface area (Å²) in [4.78, 5) is 13.9. The number of hydrogen-bond acceptors (Lipinski definition) is 3. The van der Waals surface area contributed by atoms with Gasteiger partial charge in [0.15, 0.2) is 0 Å². The molecule has 3 unspecified atom stereocenters. The number of aliphatic hydroxyl groups excluding tert-OH is 1. The molecule has 0 bridgehead atoms. The third-order valence-electron chi connectivity index (χ3n) is 4.70. The molecule has 0 aromatic rings. The maximum absolute atomic E-state index is 11.7. The Morgan fingerprint density at radius 3 is 2.67 bits per heavy atom. The van der Waals surface area contributed by atoms with Crippen LogP contribution in [-0.2, 0) is 4.79 Å². The van der Waals surface area contributed by atoms with Crippen molar-refractivity contribution in [2.75, 3.05) is 6.54 Å². The minimum absolute atomic E-state index is 0.0592. The van der Waals surface area contributed by atoms with Crippen molar-refractivity contribution in [3.8, 4) is 0 Å². The normalized spacial score (nSPS) is 37.9. The molecule has 4 nitrogen and oxygen atoms in total. The fourth-order valence-corrected chi connectivity index (χ4v) is 3.86. The largest absolute Gasteiger partial charge is 0.480 e. The molecule has 0 aromatic carbocycles. The Kier molecular flexibility index (Phi) is 4.28. The molecule has 104 valence electrons. The molecule has 2 rings (SSSR count). The van der Waals surface area contributed by atoms with Gasteiger partial charge in [0.1, 0.15) is 5.54 Å². The Balaban J connectivity index is 2.21. The van der Waals surface area contributed by atoms with E-state index in [2.05, 4.69) is 4.90 Å². The molecule has 2 aliphatic rings. The lowest BCUT2D eigenvalue weighted by atomic mass is 9.85. The standard InChI is InChI=1S/C14H25NO3/c1-2-8-14(13(17)18)9-5-10-15(14)11-6-3-4-7-12(11)16/h11-12,16H,2-10H2,1H3,(H,17,18). The summed E-state index contributed by atoms with van der Waals surface area (Å²) in [6, 6.07) is 0.0592. The fraction of sp³-hybridized carbons (Fsp3) is 0.929. The lowest BCUT2D eigenvalue weighted by Crippen LogP contribution is -2.58. The van der Waals surface area contributed by atoms with Gasteiger partial charge in [0.05, 0.1) is 6.10 Å². The summed E-state index contributed by atoms with van der Waals surface area (Å²) >= 11 is 0. The van der Waals surface area contributed by atoms with Gasteiger partial charge in [0, 0.05) is 6.04 Å². The van der Waals surface area contributed by atoms with E-state index in [1.807, 2.05) is 6.92 Å². The highest BCUT2D eigenvalue weighted by Crippen LogP contribution is 2.39. The van der Waals surface area contributed by atoms with Crippen molar-refractivity contribution in [1.29, 1.82) is 0 Å². The van der Waals surface area contributed by atoms with Crippen LogP contribution in [0.25, 0.3) is 0 Å². The predicted octanol–water partition coefficient (Wildman–Crippen LogP) is 2.01. The number of rotatable bonds is 4. The third-order valence-corrected chi connectivity index (χ3v) is 4.70. The molecule has 0 radical (unpaired) electrons. The number of hydrogen-bond donors (Lipinski definition) is 2. The van der Waals surface area contributed by atoms with Gasteiger partial charge in [-0.3, -0.25) is 9.69 Å². The first-order chi connectivity index (χ1) is 8.62. The van der Waals surface area contributed by atoms with Crippen LogP contribution < -0.4 is 0 Å². The van der Waals surface area contributed by atoms with E-state index in [1.165, 1.54) is 0 Å². The van der Waals surface area contributed by atoms with Crippen LogP contribution in [0.3, 0.4) is 0 Å². The number of carboxylic acids is 1. The molecule has 3 atom stereocenters. The van der Waals surface area contributed by atoms with Gasteiger partial charge in [-0.15, -0.1) is 0 Å². The van der Waals surface area contributed by atoms with Crippen LogP contribution in [0.2, 0.25) is 0 Å². The first-order valence-electron chi connectivity index (χ1n) is 7.30. The second kappa shape index (κ2) is 5.57. The maximum Gasteiger partial charge on any atom is 0.324 e. The van der Waals surface area contributed by atoms with E-state index in [1.54, 1.807) is 0 Å². The molecule has 1 saturated heterocycles. The highest BCUT2D eigenvalue weighted by Gasteiger charge is 2.50. The lowest BCUT2D eigenvalue weighted by molar-refractivity contribution is -0.154. The van der Waals surface area contributed by atoms with Gasteiger partial charge in [-0.25, -0.2) is 0 Å². The molecular formula is C14H25NO3. The molecule has 0 amide bonds. The van der Waals surface area contributed by atoms with Crippen LogP contribution in [0.4, 0.5) is 0 Å². The van der Waals surface area contributed by atoms with Crippen molar-refractivity contribution in [3.05, 3.63) is 0 Å². The maximum atomic E-state index is 11.7. The molecule has 4 heteroatoms. The van der Waals surface area contributed by atoms with Gasteiger partial charge in [-0.1, -0.05) is 26.2 Å². The number of aliphatic carboxylic acids is 1. The summed E-state index contributed by atoms with van der Waals surface area (Å²) in [6.07, 6.45) is 6.86. The van der Waals surface area contributed by atoms with Gasteiger partial charge >= 0.3 is 5.97 Å². The van der Waals surface area contributed by atoms with E-state index in [9.17, 15) is 15.0 Å². The number of likely N-dealkylation sites (tertiary alicyclic amines) is 1. The molecule has 0 spiro atoms. The average molecular weight is 255 g/mol. The van der Waals surface area contributed by atoms with Crippen molar-refractivity contribution in [3.63, 3.8) is 0 Å². The molecule has 0 aromatic heterocycles. The third kappa shape index (κ3) is 2.28. The summed E-state index contributed by atoms with van der Waals surface area (Å²) in [5.41, 5.74) is -0.711. The van der Waals surface area contributed by atoms with E-state index >= 15 is 0 Å². The fourth-order valence-electron chi connectivity index (χ4n) is 3.86. The minimum Gasteiger partial charge on any atom is -0.480 e. The Bertz CT molecular complexity index is 307. The zero-order chi connectivity index (χ0) is 13.2. The van der Waals surface area contributed by atoms with Crippen molar-refractivity contribution >= 4 is 5.97 Å². The molecule has 1 saturated carbocycles. The van der Waals surface area contributed by atoms with E-state index in [0.717, 1.165) is 51.5 Å². The van der Waals surface area contributed by atoms with E-state index in [0.29, 0.717) is 6.42 Å². The van der Waals surface area contributed by atoms with Gasteiger partial charge in [0.25, 0.3) is 0 Å². The van der Waals surface area contributed by atoms with Gasteiger partial charge < -0.3 is 10.2 Å². The monoisotopic (exact) mass is 255 g/mol. The van der Waals surface area contributed by atoms with Crippen LogP contribution in [0.5, 0.6) is 0 Å². The zero-order valence-electron chi connectivity index (χ0n) is 11.3. The Hall–Kier alpha value is -0.610. The van der Waals surface area contributed by atoms with Crippen molar-refractivity contribution in [2.45, 2.75) is 76.0 Å². The lowest BCUT2D eigenvalue weighted by Gasteiger charge is -2.43. The zero-order valence-corrected chi connectivity index (χ0v) is 11.3. The van der Waals surface area contributed by atoms with E-state index in [-0.39, 0.29) is 12.1 Å². The summed E-state index contributed by atoms with van der Waals surface area (Å²) in [7, 11) is 0. The van der Waals surface area contributed by atoms with Crippen LogP contribution >= 0.6 is 0 Å². The average Bonchev–Trinajstić information content (AvgIpc) is 2.75. The van der Waals surface area contributed by atoms with Crippen LogP contribution in [0.15, 0.2) is 0 Å². The second-order valence-corrected chi connectivity index (χ2v) is 5.80. The molecule has 1 aliphatic heterocycles. The molecular weight excluding hydrogens is 230 g/mol. The van der Waals surface area contributed by atoms with Crippen LogP contribution in [-0.4, -0.2) is 45.3 Å². The summed E-state index contributed by atoms with van der Waals surface area (Å²) in [6.45, 7) is 2.87. The Labute approximate surface area is 109 Å². The number of carboxylic acid groups (broad SMARTS) is 1. The first-order valence-corrected chi connectivity index (χ1v) is 7.30. The van der Waals surface area contributed by atoms with Gasteiger partial charge in [-0.05, 0) is 38.6 Å². The van der Waals surface area contributed by atoms with Gasteiger partial charge in [0.2, 0.25) is 0 Å². The topological polar surface area (TPSA) is 60.8 Å². The molecule has 2 N–H and O–H groups in total.